The van der Waals surface area contributed by atoms with E-state index in [1.54, 1.807) is 24.4 Å². The second-order valence-electron chi connectivity index (χ2n) is 8.28. The highest BCUT2D eigenvalue weighted by Gasteiger charge is 2.27. The second kappa shape index (κ2) is 11.7. The Bertz CT molecular complexity index is 1310. The zero-order valence-electron chi connectivity index (χ0n) is 19.1. The molecule has 0 unspecified atom stereocenters. The van der Waals surface area contributed by atoms with Crippen molar-refractivity contribution in [2.24, 2.45) is 0 Å². The lowest BCUT2D eigenvalue weighted by molar-refractivity contribution is -0.140. The average Bonchev–Trinajstić information content (AvgIpc) is 3.29. The Balaban J connectivity index is 1.60. The highest BCUT2D eigenvalue weighted by molar-refractivity contribution is 9.10. The Kier molecular flexibility index (Phi) is 8.44. The first-order chi connectivity index (χ1) is 17.4. The van der Waals surface area contributed by atoms with Crippen molar-refractivity contribution in [1.29, 1.82) is 5.26 Å². The number of nitriles is 1. The lowest BCUT2D eigenvalue weighted by Crippen LogP contribution is -2.39. The van der Waals surface area contributed by atoms with Crippen LogP contribution in [0, 0.1) is 11.3 Å². The standard InChI is InChI=1S/C26H23BrClN3O5/c27-20-3-1-2-19-18(20)4-5-23(19)36-25-8-24(35-14-16-6-15(9-29)10-30-11-16)17(7-21(25)28)12-31-22(13-32)26(33)34/h1-3,6-8,10-11,22-23,31-32H,4-5,12-14H2,(H,33,34)/t22-,23-/m0/s1. The van der Waals surface area contributed by atoms with Gasteiger partial charge in [-0.3, -0.25) is 15.1 Å². The Labute approximate surface area is 221 Å². The van der Waals surface area contributed by atoms with Gasteiger partial charge in [-0.1, -0.05) is 39.7 Å². The normalized spacial score (nSPS) is 15.1. The molecule has 1 aromatic heterocycles. The summed E-state index contributed by atoms with van der Waals surface area (Å²) in [4.78, 5) is 15.4. The number of pyridine rings is 1. The van der Waals surface area contributed by atoms with Crippen molar-refractivity contribution in [2.45, 2.75) is 38.1 Å². The number of hydrogen-bond acceptors (Lipinski definition) is 7. The number of nitrogens with zero attached hydrogens (tertiary/aromatic N) is 2. The Morgan fingerprint density at radius 2 is 2.14 bits per heavy atom. The Morgan fingerprint density at radius 3 is 2.89 bits per heavy atom. The zero-order chi connectivity index (χ0) is 25.7. The fourth-order valence-corrected chi connectivity index (χ4v) is 4.85. The summed E-state index contributed by atoms with van der Waals surface area (Å²) in [5.74, 6) is -0.302. The van der Waals surface area contributed by atoms with Gasteiger partial charge in [0.05, 0.1) is 17.2 Å². The van der Waals surface area contributed by atoms with E-state index in [4.69, 9.17) is 26.3 Å². The molecule has 0 radical (unpaired) electrons. The summed E-state index contributed by atoms with van der Waals surface area (Å²) in [6, 6.07) is 12.0. The maximum Gasteiger partial charge on any atom is 0.323 e. The van der Waals surface area contributed by atoms with Crippen molar-refractivity contribution in [3.8, 4) is 17.6 Å². The molecule has 0 saturated heterocycles. The molecule has 0 bridgehead atoms. The predicted molar refractivity (Wildman–Crippen MR) is 136 cm³/mol. The lowest BCUT2D eigenvalue weighted by atomic mass is 10.1. The zero-order valence-corrected chi connectivity index (χ0v) is 21.4. The Hall–Kier alpha value is -3.16. The molecule has 3 aromatic rings. The molecule has 1 heterocycles. The Morgan fingerprint density at radius 1 is 1.31 bits per heavy atom. The van der Waals surface area contributed by atoms with E-state index in [1.807, 2.05) is 24.3 Å². The van der Waals surface area contributed by atoms with Crippen molar-refractivity contribution < 1.29 is 24.5 Å². The smallest absolute Gasteiger partial charge is 0.323 e. The molecular formula is C26H23BrClN3O5. The summed E-state index contributed by atoms with van der Waals surface area (Å²) in [6.45, 7) is -0.357. The molecule has 2 atom stereocenters. The molecule has 4 rings (SSSR count). The number of carboxylic acids is 1. The molecule has 0 amide bonds. The molecule has 0 spiro atoms. The van der Waals surface area contributed by atoms with E-state index < -0.39 is 18.6 Å². The van der Waals surface area contributed by atoms with Gasteiger partial charge in [0.25, 0.3) is 0 Å². The molecule has 10 heteroatoms. The van der Waals surface area contributed by atoms with Crippen molar-refractivity contribution in [1.82, 2.24) is 10.3 Å². The van der Waals surface area contributed by atoms with E-state index in [2.05, 4.69) is 26.2 Å². The number of aliphatic carboxylic acids is 1. The number of rotatable bonds is 10. The maximum atomic E-state index is 11.3. The van der Waals surface area contributed by atoms with Crippen molar-refractivity contribution in [3.05, 3.63) is 86.1 Å². The van der Waals surface area contributed by atoms with Crippen LogP contribution in [0.3, 0.4) is 0 Å². The fraction of sp³-hybridized carbons (Fsp3) is 0.269. The van der Waals surface area contributed by atoms with Crippen molar-refractivity contribution in [2.75, 3.05) is 6.61 Å². The third-order valence-electron chi connectivity index (χ3n) is 5.88. The number of aliphatic hydroxyl groups excluding tert-OH is 1. The second-order valence-corrected chi connectivity index (χ2v) is 9.54. The molecule has 1 aliphatic carbocycles. The van der Waals surface area contributed by atoms with E-state index >= 15 is 0 Å². The van der Waals surface area contributed by atoms with Crippen LogP contribution >= 0.6 is 27.5 Å². The molecule has 0 fully saturated rings. The summed E-state index contributed by atoms with van der Waals surface area (Å²) >= 11 is 10.2. The van der Waals surface area contributed by atoms with E-state index in [9.17, 15) is 15.0 Å². The molecule has 2 aromatic carbocycles. The first-order valence-electron chi connectivity index (χ1n) is 11.2. The van der Waals surface area contributed by atoms with Gasteiger partial charge in [-0.15, -0.1) is 0 Å². The minimum absolute atomic E-state index is 0.0859. The van der Waals surface area contributed by atoms with Gasteiger partial charge < -0.3 is 19.7 Å². The van der Waals surface area contributed by atoms with Crippen molar-refractivity contribution >= 4 is 33.5 Å². The molecule has 186 valence electrons. The van der Waals surface area contributed by atoms with E-state index in [1.165, 1.54) is 11.8 Å². The summed E-state index contributed by atoms with van der Waals surface area (Å²) in [6.07, 6.45) is 4.58. The fourth-order valence-electron chi connectivity index (χ4n) is 4.04. The van der Waals surface area contributed by atoms with E-state index in [0.717, 1.165) is 22.9 Å². The van der Waals surface area contributed by atoms with Crippen LogP contribution in [0.4, 0.5) is 0 Å². The van der Waals surface area contributed by atoms with Crippen LogP contribution in [0.15, 0.2) is 53.3 Å². The monoisotopic (exact) mass is 571 g/mol. The van der Waals surface area contributed by atoms with Gasteiger partial charge in [-0.05, 0) is 42.2 Å². The molecule has 0 aliphatic heterocycles. The third kappa shape index (κ3) is 5.97. The topological polar surface area (TPSA) is 125 Å². The summed E-state index contributed by atoms with van der Waals surface area (Å²) in [5, 5.41) is 30.9. The van der Waals surface area contributed by atoms with E-state index in [0.29, 0.717) is 33.2 Å². The molecule has 1 aliphatic rings. The third-order valence-corrected chi connectivity index (χ3v) is 6.92. The number of aliphatic hydroxyl groups is 1. The van der Waals surface area contributed by atoms with Crippen LogP contribution in [0.25, 0.3) is 0 Å². The van der Waals surface area contributed by atoms with Crippen LogP contribution in [-0.4, -0.2) is 33.8 Å². The summed E-state index contributed by atoms with van der Waals surface area (Å²) in [5.41, 5.74) is 4.01. The van der Waals surface area contributed by atoms with Gasteiger partial charge >= 0.3 is 5.97 Å². The number of fused-ring (bicyclic) bond motifs is 1. The largest absolute Gasteiger partial charge is 0.488 e. The predicted octanol–water partition coefficient (Wildman–Crippen LogP) is 4.55. The van der Waals surface area contributed by atoms with Crippen LogP contribution in [-0.2, 0) is 24.4 Å². The van der Waals surface area contributed by atoms with Gasteiger partial charge in [-0.2, -0.15) is 5.26 Å². The quantitative estimate of drug-likeness (QED) is 0.323. The van der Waals surface area contributed by atoms with Crippen molar-refractivity contribution in [3.63, 3.8) is 0 Å². The lowest BCUT2D eigenvalue weighted by Gasteiger charge is -2.20. The SMILES string of the molecule is N#Cc1cncc(COc2cc(O[C@H]3CCc4c(Br)cccc43)c(Cl)cc2CN[C@@H](CO)C(=O)O)c1. The number of nitrogens with one attached hydrogen (secondary N) is 1. The number of hydrogen-bond donors (Lipinski definition) is 3. The summed E-state index contributed by atoms with van der Waals surface area (Å²) < 4.78 is 13.4. The van der Waals surface area contributed by atoms with Crippen LogP contribution < -0.4 is 14.8 Å². The van der Waals surface area contributed by atoms with Gasteiger partial charge in [0, 0.05) is 40.6 Å². The number of carboxylic acid groups (broad SMARTS) is 1. The number of ether oxygens (including phenoxy) is 2. The number of benzene rings is 2. The number of carbonyl (C=O) groups is 1. The average molecular weight is 573 g/mol. The summed E-state index contributed by atoms with van der Waals surface area (Å²) in [7, 11) is 0. The number of halogens is 2. The first kappa shape index (κ1) is 25.9. The van der Waals surface area contributed by atoms with Crippen LogP contribution in [0.2, 0.25) is 5.02 Å². The minimum atomic E-state index is -1.17. The molecular weight excluding hydrogens is 550 g/mol. The minimum Gasteiger partial charge on any atom is -0.488 e. The van der Waals surface area contributed by atoms with Crippen LogP contribution in [0.1, 0.15) is 40.3 Å². The molecule has 3 N–H and O–H groups in total. The maximum absolute atomic E-state index is 11.3. The van der Waals surface area contributed by atoms with Gasteiger partial charge in [0.1, 0.15) is 36.3 Å². The van der Waals surface area contributed by atoms with E-state index in [-0.39, 0.29) is 19.3 Å². The van der Waals surface area contributed by atoms with Gasteiger partial charge in [-0.25, -0.2) is 0 Å². The van der Waals surface area contributed by atoms with Gasteiger partial charge in [0.2, 0.25) is 0 Å². The first-order valence-corrected chi connectivity index (χ1v) is 12.4. The number of aromatic nitrogens is 1. The molecule has 8 nitrogen and oxygen atoms in total. The highest BCUT2D eigenvalue weighted by Crippen LogP contribution is 2.41. The van der Waals surface area contributed by atoms with Crippen LogP contribution in [0.5, 0.6) is 11.5 Å². The molecule has 0 saturated carbocycles. The highest BCUT2D eigenvalue weighted by atomic mass is 79.9. The molecule has 36 heavy (non-hydrogen) atoms. The van der Waals surface area contributed by atoms with Gasteiger partial charge in [0.15, 0.2) is 0 Å².